The zero-order valence-corrected chi connectivity index (χ0v) is 12.0. The van der Waals surface area contributed by atoms with E-state index in [9.17, 15) is 0 Å². The van der Waals surface area contributed by atoms with Crippen LogP contribution < -0.4 is 5.49 Å². The van der Waals surface area contributed by atoms with Gasteiger partial charge in [0.05, 0.1) is 16.4 Å². The standard InChI is InChI=1S/C15H12N4S/c1-8-7-9(2)17-14-12(8)13(16)19-11-6-4-3-5-10(11)18-15(19)20-14/h3-7,16H,1-2H3. The van der Waals surface area contributed by atoms with E-state index in [4.69, 9.17) is 5.41 Å². The number of rotatable bonds is 0. The van der Waals surface area contributed by atoms with Crippen LogP contribution in [0.5, 0.6) is 0 Å². The fraction of sp³-hybridized carbons (Fsp3) is 0.133. The molecule has 4 aromatic rings. The molecule has 5 heteroatoms. The lowest BCUT2D eigenvalue weighted by Gasteiger charge is -2.04. The quantitative estimate of drug-likeness (QED) is 0.538. The van der Waals surface area contributed by atoms with Crippen molar-refractivity contribution in [3.8, 4) is 0 Å². The van der Waals surface area contributed by atoms with Gasteiger partial charge in [0, 0.05) is 5.69 Å². The molecule has 0 atom stereocenters. The Morgan fingerprint density at radius 3 is 2.80 bits per heavy atom. The minimum absolute atomic E-state index is 0.465. The van der Waals surface area contributed by atoms with Crippen LogP contribution >= 0.6 is 11.3 Å². The lowest BCUT2D eigenvalue weighted by Crippen LogP contribution is -2.13. The van der Waals surface area contributed by atoms with E-state index in [-0.39, 0.29) is 0 Å². The Balaban J connectivity index is 2.35. The summed E-state index contributed by atoms with van der Waals surface area (Å²) in [6, 6.07) is 9.95. The van der Waals surface area contributed by atoms with Crippen molar-refractivity contribution in [3.63, 3.8) is 0 Å². The first-order chi connectivity index (χ1) is 9.65. The minimum Gasteiger partial charge on any atom is -0.283 e. The fourth-order valence-corrected chi connectivity index (χ4v) is 3.80. The average molecular weight is 280 g/mol. The Morgan fingerprint density at radius 2 is 1.95 bits per heavy atom. The molecule has 0 aliphatic rings. The van der Waals surface area contributed by atoms with E-state index in [0.717, 1.165) is 37.5 Å². The first-order valence-corrected chi connectivity index (χ1v) is 7.19. The second-order valence-electron chi connectivity index (χ2n) is 4.93. The van der Waals surface area contributed by atoms with Crippen LogP contribution in [0.3, 0.4) is 0 Å². The highest BCUT2D eigenvalue weighted by molar-refractivity contribution is 7.22. The number of pyridine rings is 1. The summed E-state index contributed by atoms with van der Waals surface area (Å²) in [6.07, 6.45) is 0. The molecule has 3 heterocycles. The Labute approximate surface area is 118 Å². The molecular weight excluding hydrogens is 268 g/mol. The number of aromatic nitrogens is 3. The molecule has 3 aromatic heterocycles. The van der Waals surface area contributed by atoms with Gasteiger partial charge in [-0.1, -0.05) is 23.5 Å². The van der Waals surface area contributed by atoms with Crippen LogP contribution in [0.4, 0.5) is 0 Å². The van der Waals surface area contributed by atoms with Gasteiger partial charge in [0.15, 0.2) is 4.96 Å². The van der Waals surface area contributed by atoms with Crippen molar-refractivity contribution in [1.82, 2.24) is 14.4 Å². The topological polar surface area (TPSA) is 54.0 Å². The highest BCUT2D eigenvalue weighted by Crippen LogP contribution is 2.24. The summed E-state index contributed by atoms with van der Waals surface area (Å²) in [5.41, 5.74) is 4.43. The average Bonchev–Trinajstić information content (AvgIpc) is 2.75. The molecule has 1 aromatic carbocycles. The summed E-state index contributed by atoms with van der Waals surface area (Å²) < 4.78 is 1.91. The lowest BCUT2D eigenvalue weighted by molar-refractivity contribution is 1.07. The molecule has 0 saturated carbocycles. The number of hydrogen-bond acceptors (Lipinski definition) is 4. The summed E-state index contributed by atoms with van der Waals surface area (Å²) in [7, 11) is 0. The zero-order valence-electron chi connectivity index (χ0n) is 11.1. The van der Waals surface area contributed by atoms with Gasteiger partial charge in [-0.25, -0.2) is 9.97 Å². The second-order valence-corrected chi connectivity index (χ2v) is 5.89. The van der Waals surface area contributed by atoms with Crippen LogP contribution in [-0.2, 0) is 0 Å². The van der Waals surface area contributed by atoms with Crippen LogP contribution in [0.15, 0.2) is 30.3 Å². The van der Waals surface area contributed by atoms with E-state index in [1.165, 1.54) is 0 Å². The third-order valence-electron chi connectivity index (χ3n) is 3.49. The van der Waals surface area contributed by atoms with Gasteiger partial charge in [0.25, 0.3) is 0 Å². The second kappa shape index (κ2) is 3.86. The Hall–Kier alpha value is -2.27. The Kier molecular flexibility index (Phi) is 2.23. The summed E-state index contributed by atoms with van der Waals surface area (Å²) >= 11 is 1.54. The highest BCUT2D eigenvalue weighted by Gasteiger charge is 2.11. The summed E-state index contributed by atoms with van der Waals surface area (Å²) in [5, 5.41) is 9.45. The lowest BCUT2D eigenvalue weighted by atomic mass is 10.2. The molecule has 0 fully saturated rings. The number of benzene rings is 1. The van der Waals surface area contributed by atoms with E-state index in [0.29, 0.717) is 5.49 Å². The summed E-state index contributed by atoms with van der Waals surface area (Å²) in [5.74, 6) is 0. The van der Waals surface area contributed by atoms with Gasteiger partial charge < -0.3 is 0 Å². The molecule has 0 unspecified atom stereocenters. The van der Waals surface area contributed by atoms with Crippen LogP contribution in [0.25, 0.3) is 26.2 Å². The van der Waals surface area contributed by atoms with Crippen molar-refractivity contribution >= 4 is 37.5 Å². The number of imidazole rings is 1. The number of aryl methyl sites for hydroxylation is 2. The maximum atomic E-state index is 8.53. The molecule has 0 spiro atoms. The Bertz CT molecular complexity index is 1040. The first kappa shape index (κ1) is 11.5. The predicted molar refractivity (Wildman–Crippen MR) is 81.2 cm³/mol. The molecule has 0 bridgehead atoms. The number of nitrogens with one attached hydrogen (secondary N) is 1. The summed E-state index contributed by atoms with van der Waals surface area (Å²) in [4.78, 5) is 10.9. The molecule has 98 valence electrons. The van der Waals surface area contributed by atoms with Crippen molar-refractivity contribution in [2.45, 2.75) is 13.8 Å². The third-order valence-corrected chi connectivity index (χ3v) is 4.44. The van der Waals surface area contributed by atoms with Crippen LogP contribution in [0.1, 0.15) is 11.3 Å². The van der Waals surface area contributed by atoms with Crippen LogP contribution in [0, 0.1) is 19.3 Å². The van der Waals surface area contributed by atoms with Crippen molar-refractivity contribution in [2.24, 2.45) is 0 Å². The van der Waals surface area contributed by atoms with Gasteiger partial charge in [0.2, 0.25) is 0 Å². The van der Waals surface area contributed by atoms with Crippen molar-refractivity contribution in [3.05, 3.63) is 47.1 Å². The number of fused-ring (bicyclic) bond motifs is 4. The number of hydrogen-bond donors (Lipinski definition) is 1. The normalized spacial score (nSPS) is 11.7. The van der Waals surface area contributed by atoms with Gasteiger partial charge in [-0.3, -0.25) is 9.81 Å². The number of para-hydroxylation sites is 2. The van der Waals surface area contributed by atoms with Crippen molar-refractivity contribution < 1.29 is 0 Å². The maximum absolute atomic E-state index is 8.53. The molecule has 0 amide bonds. The van der Waals surface area contributed by atoms with Gasteiger partial charge in [-0.05, 0) is 37.6 Å². The van der Waals surface area contributed by atoms with Gasteiger partial charge >= 0.3 is 0 Å². The van der Waals surface area contributed by atoms with E-state index in [2.05, 4.69) is 9.97 Å². The molecule has 20 heavy (non-hydrogen) atoms. The van der Waals surface area contributed by atoms with E-state index < -0.39 is 0 Å². The SMILES string of the molecule is Cc1cc(C)c2c(=N)n3c(nc4ccccc43)sc2n1. The first-order valence-electron chi connectivity index (χ1n) is 6.38. The van der Waals surface area contributed by atoms with Crippen LogP contribution in [0.2, 0.25) is 0 Å². The summed E-state index contributed by atoms with van der Waals surface area (Å²) in [6.45, 7) is 4.02. The van der Waals surface area contributed by atoms with Crippen molar-refractivity contribution in [2.75, 3.05) is 0 Å². The van der Waals surface area contributed by atoms with E-state index >= 15 is 0 Å². The molecule has 4 rings (SSSR count). The van der Waals surface area contributed by atoms with Gasteiger partial charge in [-0.15, -0.1) is 0 Å². The highest BCUT2D eigenvalue weighted by atomic mass is 32.1. The molecule has 0 aliphatic heterocycles. The molecule has 0 saturated heterocycles. The Morgan fingerprint density at radius 1 is 1.15 bits per heavy atom. The van der Waals surface area contributed by atoms with E-state index in [1.807, 2.05) is 48.6 Å². The van der Waals surface area contributed by atoms with Gasteiger partial charge in [0.1, 0.15) is 10.3 Å². The molecule has 4 nitrogen and oxygen atoms in total. The molecule has 0 aliphatic carbocycles. The molecule has 1 N–H and O–H groups in total. The molecular formula is C15H12N4S. The fourth-order valence-electron chi connectivity index (χ4n) is 2.65. The largest absolute Gasteiger partial charge is 0.283 e. The zero-order chi connectivity index (χ0) is 13.9. The van der Waals surface area contributed by atoms with E-state index in [1.54, 1.807) is 11.3 Å². The number of nitrogens with zero attached hydrogens (tertiary/aromatic N) is 3. The smallest absolute Gasteiger partial charge is 0.198 e. The van der Waals surface area contributed by atoms with Crippen LogP contribution in [-0.4, -0.2) is 14.4 Å². The van der Waals surface area contributed by atoms with Crippen molar-refractivity contribution in [1.29, 1.82) is 5.41 Å². The molecule has 0 radical (unpaired) electrons. The minimum atomic E-state index is 0.465. The predicted octanol–water partition coefficient (Wildman–Crippen LogP) is 3.19. The third kappa shape index (κ3) is 1.44. The maximum Gasteiger partial charge on any atom is 0.198 e. The monoisotopic (exact) mass is 280 g/mol. The van der Waals surface area contributed by atoms with Gasteiger partial charge in [-0.2, -0.15) is 0 Å².